The average Bonchev–Trinajstić information content (AvgIpc) is 2.92. The molecular weight excluding hydrogens is 592 g/mol. The number of carboxylic acids is 2. The van der Waals surface area contributed by atoms with Gasteiger partial charge >= 0.3 is 23.6 Å². The molecule has 3 unspecified atom stereocenters. The lowest BCUT2D eigenvalue weighted by molar-refractivity contribution is -0.420. The van der Waals surface area contributed by atoms with Crippen molar-refractivity contribution in [3.8, 4) is 5.75 Å². The maximum absolute atomic E-state index is 12.6. The van der Waals surface area contributed by atoms with Gasteiger partial charge in [0, 0.05) is 25.6 Å². The highest BCUT2D eigenvalue weighted by Crippen LogP contribution is 2.32. The van der Waals surface area contributed by atoms with Gasteiger partial charge in [0.25, 0.3) is 5.88 Å². The number of aryl methyl sites for hydroxylation is 1. The van der Waals surface area contributed by atoms with E-state index in [-0.39, 0.29) is 25.2 Å². The highest BCUT2D eigenvalue weighted by Gasteiger charge is 2.46. The third kappa shape index (κ3) is 8.49. The largest absolute Gasteiger partial charge is 0.481 e. The molecule has 2 aliphatic rings. The van der Waals surface area contributed by atoms with E-state index >= 15 is 0 Å². The highest BCUT2D eigenvalue weighted by molar-refractivity contribution is 7.91. The molecule has 0 saturated carbocycles. The Labute approximate surface area is 246 Å². The molecule has 2 aliphatic heterocycles. The zero-order valence-electron chi connectivity index (χ0n) is 23.3. The smallest absolute Gasteiger partial charge is 0.352 e. The molecule has 0 aromatic heterocycles. The fourth-order valence-electron chi connectivity index (χ4n) is 4.38. The third-order valence-corrected chi connectivity index (χ3v) is 7.39. The van der Waals surface area contributed by atoms with E-state index in [9.17, 15) is 38.0 Å². The fourth-order valence-corrected chi connectivity index (χ4v) is 5.19. The molecule has 43 heavy (non-hydrogen) atoms. The summed E-state index contributed by atoms with van der Waals surface area (Å²) >= 11 is 0. The van der Waals surface area contributed by atoms with Crippen LogP contribution in [0.5, 0.6) is 5.75 Å². The molecule has 3 atom stereocenters. The van der Waals surface area contributed by atoms with Gasteiger partial charge in [-0.3, -0.25) is 29.8 Å². The predicted octanol–water partition coefficient (Wildman–Crippen LogP) is 0.236. The molecule has 1 aromatic rings. The minimum absolute atomic E-state index is 0.00481. The number of hydrogen-bond donors (Lipinski definition) is 5. The Morgan fingerprint density at radius 3 is 2.53 bits per heavy atom. The van der Waals surface area contributed by atoms with Crippen LogP contribution in [0.2, 0.25) is 0 Å². The number of carbonyl (C=O) groups excluding carboxylic acids is 1. The van der Waals surface area contributed by atoms with Crippen molar-refractivity contribution in [2.24, 2.45) is 16.8 Å². The van der Waals surface area contributed by atoms with Gasteiger partial charge in [-0.05, 0) is 49.2 Å². The van der Waals surface area contributed by atoms with Crippen LogP contribution in [-0.4, -0.2) is 77.1 Å². The first-order valence-electron chi connectivity index (χ1n) is 13.0. The van der Waals surface area contributed by atoms with Crippen LogP contribution in [0.1, 0.15) is 43.5 Å². The van der Waals surface area contributed by atoms with E-state index < -0.39 is 80.4 Å². The number of rotatable bonds is 14. The summed E-state index contributed by atoms with van der Waals surface area (Å²) in [6, 6.07) is 4.72. The second-order valence-corrected chi connectivity index (χ2v) is 11.6. The van der Waals surface area contributed by atoms with E-state index in [0.29, 0.717) is 22.7 Å². The van der Waals surface area contributed by atoms with E-state index in [1.807, 2.05) is 6.08 Å². The number of hydrazine groups is 1. The molecule has 0 spiro atoms. The average molecular weight is 625 g/mol. The summed E-state index contributed by atoms with van der Waals surface area (Å²) in [6.45, 7) is 2.37. The third-order valence-electron chi connectivity index (χ3n) is 6.29. The van der Waals surface area contributed by atoms with Gasteiger partial charge < -0.3 is 25.0 Å². The normalized spacial score (nSPS) is 19.2. The Morgan fingerprint density at radius 1 is 1.26 bits per heavy atom. The van der Waals surface area contributed by atoms with E-state index in [1.54, 1.807) is 19.2 Å². The molecule has 3 rings (SSSR count). The molecule has 6 N–H and O–H groups in total. The molecule has 0 bridgehead atoms. The van der Waals surface area contributed by atoms with Crippen molar-refractivity contribution in [1.29, 1.82) is 0 Å². The van der Waals surface area contributed by atoms with Crippen LogP contribution in [0.4, 0.5) is 0 Å². The lowest BCUT2D eigenvalue weighted by Gasteiger charge is -2.31. The number of benzene rings is 1. The number of nitrogens with one attached hydrogen (secondary N) is 2. The maximum Gasteiger partial charge on any atom is 0.352 e. The van der Waals surface area contributed by atoms with Gasteiger partial charge in [0.05, 0.1) is 11.5 Å². The van der Waals surface area contributed by atoms with Crippen LogP contribution in [0, 0.1) is 16.0 Å². The van der Waals surface area contributed by atoms with E-state index in [1.165, 1.54) is 12.1 Å². The van der Waals surface area contributed by atoms with Gasteiger partial charge in [-0.15, -0.1) is 0 Å². The van der Waals surface area contributed by atoms with Crippen LogP contribution in [0.15, 0.2) is 47.0 Å². The molecule has 1 aromatic carbocycles. The SMILES string of the molecule is CCOC(=O)CCc1cc(OC2=C([N+](=O)[O-])C(C(CCC(=O)O)C(=O)O)=NC(S(C)(=O)=O)N2N)cc(C2NC=CCN2)c1. The van der Waals surface area contributed by atoms with Crippen molar-refractivity contribution < 1.29 is 47.4 Å². The van der Waals surface area contributed by atoms with Crippen LogP contribution in [-0.2, 0) is 35.4 Å². The summed E-state index contributed by atoms with van der Waals surface area (Å²) < 4.78 is 36.1. The number of aliphatic carboxylic acids is 2. The number of sulfone groups is 1. The number of nitrogens with two attached hydrogens (primary N) is 1. The number of ether oxygens (including phenoxy) is 2. The van der Waals surface area contributed by atoms with Gasteiger partial charge in [-0.2, -0.15) is 0 Å². The zero-order chi connectivity index (χ0) is 31.9. The van der Waals surface area contributed by atoms with Crippen molar-refractivity contribution in [3.63, 3.8) is 0 Å². The Hall–Kier alpha value is -4.55. The molecule has 0 fully saturated rings. The number of nitrogens with zero attached hydrogens (tertiary/aromatic N) is 3. The van der Waals surface area contributed by atoms with Gasteiger partial charge in [0.15, 0.2) is 9.84 Å². The number of allylic oxidation sites excluding steroid dienone is 1. The monoisotopic (exact) mass is 624 g/mol. The summed E-state index contributed by atoms with van der Waals surface area (Å²) in [5.41, 5.74) is -2.74. The summed E-state index contributed by atoms with van der Waals surface area (Å²) in [4.78, 5) is 50.4. The maximum atomic E-state index is 12.6. The molecule has 0 saturated heterocycles. The number of nitro groups is 1. The molecular formula is C25H32N6O11S. The lowest BCUT2D eigenvalue weighted by Crippen LogP contribution is -2.51. The number of esters is 1. The molecule has 234 valence electrons. The first kappa shape index (κ1) is 33.0. The van der Waals surface area contributed by atoms with Gasteiger partial charge in [0.2, 0.25) is 5.50 Å². The number of hydrogen-bond acceptors (Lipinski definition) is 14. The Kier molecular flexibility index (Phi) is 10.8. The van der Waals surface area contributed by atoms with E-state index in [4.69, 9.17) is 20.4 Å². The molecule has 2 heterocycles. The fraction of sp³-hybridized carbons (Fsp3) is 0.440. The minimum atomic E-state index is -4.24. The van der Waals surface area contributed by atoms with Crippen molar-refractivity contribution in [1.82, 2.24) is 15.6 Å². The molecule has 18 heteroatoms. The summed E-state index contributed by atoms with van der Waals surface area (Å²) in [5, 5.41) is 37.9. The van der Waals surface area contributed by atoms with E-state index in [0.717, 1.165) is 6.26 Å². The first-order valence-corrected chi connectivity index (χ1v) is 14.9. The van der Waals surface area contributed by atoms with Gasteiger partial charge in [-0.25, -0.2) is 24.3 Å². The quantitative estimate of drug-likeness (QED) is 0.0804. The Morgan fingerprint density at radius 2 is 1.98 bits per heavy atom. The zero-order valence-corrected chi connectivity index (χ0v) is 24.1. The van der Waals surface area contributed by atoms with Crippen LogP contribution in [0.25, 0.3) is 0 Å². The molecule has 0 aliphatic carbocycles. The molecule has 0 amide bonds. The first-order chi connectivity index (χ1) is 20.2. The second-order valence-electron chi connectivity index (χ2n) is 9.54. The summed E-state index contributed by atoms with van der Waals surface area (Å²) in [6.07, 6.45) is 2.71. The highest BCUT2D eigenvalue weighted by atomic mass is 32.2. The second kappa shape index (κ2) is 14.1. The van der Waals surface area contributed by atoms with Crippen molar-refractivity contribution in [3.05, 3.63) is 63.3 Å². The van der Waals surface area contributed by atoms with Gasteiger partial charge in [0.1, 0.15) is 23.5 Å². The topological polar surface area (TPSA) is 253 Å². The minimum Gasteiger partial charge on any atom is -0.481 e. The Bertz CT molecular complexity index is 1470. The van der Waals surface area contributed by atoms with Crippen LogP contribution in [0.3, 0.4) is 0 Å². The number of carbonyl (C=O) groups is 3. The predicted molar refractivity (Wildman–Crippen MR) is 149 cm³/mol. The number of aliphatic imine (C=N–C) groups is 1. The molecule has 17 nitrogen and oxygen atoms in total. The lowest BCUT2D eigenvalue weighted by atomic mass is 9.94. The van der Waals surface area contributed by atoms with E-state index in [2.05, 4.69) is 15.6 Å². The van der Waals surface area contributed by atoms with Gasteiger partial charge in [-0.1, -0.05) is 12.1 Å². The Balaban J connectivity index is 2.16. The van der Waals surface area contributed by atoms with Crippen molar-refractivity contribution >= 4 is 33.5 Å². The van der Waals surface area contributed by atoms with Crippen LogP contribution < -0.4 is 21.2 Å². The van der Waals surface area contributed by atoms with Crippen LogP contribution >= 0.6 is 0 Å². The summed E-state index contributed by atoms with van der Waals surface area (Å²) in [7, 11) is -4.24. The standard InChI is InChI=1S/C25H32N6O11S/c1-3-41-19(34)8-5-14-11-15(22-27-9-4-10-28-22)13-16(12-14)42-23-21(31(37)38)20(17(24(35)36)6-7-18(32)33)29-25(30(23)26)43(2,39)40/h4,9,11-13,17,22,25,27-28H,3,5-8,10,26H2,1-2H3,(H,32,33)(H,35,36). The molecule has 0 radical (unpaired) electrons. The van der Waals surface area contributed by atoms with Crippen molar-refractivity contribution in [2.75, 3.05) is 19.4 Å². The van der Waals surface area contributed by atoms with Crippen molar-refractivity contribution in [2.45, 2.75) is 44.3 Å². The summed E-state index contributed by atoms with van der Waals surface area (Å²) in [5.74, 6) is -0.229. The number of carboxylic acid groups (broad SMARTS) is 2.